The lowest BCUT2D eigenvalue weighted by molar-refractivity contribution is -0.141. The minimum absolute atomic E-state index is 0.104. The molecule has 1 heterocycles. The van der Waals surface area contributed by atoms with Crippen molar-refractivity contribution < 1.29 is 4.79 Å². The second-order valence-corrected chi connectivity index (χ2v) is 4.77. The summed E-state index contributed by atoms with van der Waals surface area (Å²) in [6.45, 7) is 10.3. The van der Waals surface area contributed by atoms with E-state index in [0.717, 1.165) is 13.1 Å². The highest BCUT2D eigenvalue weighted by atomic mass is 16.2. The van der Waals surface area contributed by atoms with E-state index < -0.39 is 0 Å². The van der Waals surface area contributed by atoms with Gasteiger partial charge in [-0.2, -0.15) is 0 Å². The summed E-state index contributed by atoms with van der Waals surface area (Å²) in [5.74, 6) is 0.478. The van der Waals surface area contributed by atoms with Gasteiger partial charge in [0.15, 0.2) is 0 Å². The van der Waals surface area contributed by atoms with Crippen molar-refractivity contribution in [1.29, 1.82) is 0 Å². The van der Waals surface area contributed by atoms with E-state index in [1.165, 1.54) is 6.42 Å². The third-order valence-corrected chi connectivity index (χ3v) is 2.84. The highest BCUT2D eigenvalue weighted by Crippen LogP contribution is 2.28. The van der Waals surface area contributed by atoms with Gasteiger partial charge in [-0.05, 0) is 11.8 Å². The maximum Gasteiger partial charge on any atom is 0.225 e. The molecule has 1 rings (SSSR count). The molecule has 1 aliphatic rings. The summed E-state index contributed by atoms with van der Waals surface area (Å²) < 4.78 is 0. The van der Waals surface area contributed by atoms with E-state index in [0.29, 0.717) is 5.91 Å². The van der Waals surface area contributed by atoms with Crippen molar-refractivity contribution in [1.82, 2.24) is 4.90 Å². The van der Waals surface area contributed by atoms with Gasteiger partial charge in [0, 0.05) is 19.0 Å². The number of carbonyl (C=O) groups excluding carboxylic acids is 1. The average Bonchev–Trinajstić information content (AvgIpc) is 1.79. The van der Waals surface area contributed by atoms with Gasteiger partial charge < -0.3 is 4.90 Å². The largest absolute Gasteiger partial charge is 0.342 e. The second-order valence-electron chi connectivity index (χ2n) is 4.77. The lowest BCUT2D eigenvalue weighted by Crippen LogP contribution is -2.47. The molecule has 0 saturated carbocycles. The summed E-state index contributed by atoms with van der Waals surface area (Å²) in [6.07, 6.45) is 1.18. The number of amides is 1. The van der Waals surface area contributed by atoms with Crippen LogP contribution in [0.2, 0.25) is 0 Å². The van der Waals surface area contributed by atoms with Crippen LogP contribution in [0.25, 0.3) is 0 Å². The number of nitrogens with zero attached hydrogens (tertiary/aromatic N) is 1. The molecule has 0 aliphatic carbocycles. The number of hydrogen-bond acceptors (Lipinski definition) is 1. The van der Waals surface area contributed by atoms with E-state index in [4.69, 9.17) is 0 Å². The minimum Gasteiger partial charge on any atom is -0.342 e. The smallest absolute Gasteiger partial charge is 0.225 e. The molecule has 2 heteroatoms. The maximum absolute atomic E-state index is 11.7. The zero-order valence-electron chi connectivity index (χ0n) is 8.55. The molecule has 0 N–H and O–H groups in total. The second kappa shape index (κ2) is 3.08. The highest BCUT2D eigenvalue weighted by Gasteiger charge is 2.32. The van der Waals surface area contributed by atoms with Gasteiger partial charge in [0.25, 0.3) is 0 Å². The van der Waals surface area contributed by atoms with Gasteiger partial charge >= 0.3 is 0 Å². The molecule has 2 nitrogen and oxygen atoms in total. The Kier molecular flexibility index (Phi) is 2.45. The molecule has 0 aromatic heterocycles. The fourth-order valence-corrected chi connectivity index (χ4v) is 1.18. The van der Waals surface area contributed by atoms with Gasteiger partial charge in [-0.15, -0.1) is 0 Å². The Bertz CT molecular complexity index is 177. The van der Waals surface area contributed by atoms with Gasteiger partial charge in [0.2, 0.25) is 5.91 Å². The molecule has 1 fully saturated rings. The molecular formula is C10H19NO. The lowest BCUT2D eigenvalue weighted by Gasteiger charge is -2.37. The highest BCUT2D eigenvalue weighted by molar-refractivity contribution is 5.79. The molecule has 70 valence electrons. The predicted octanol–water partition coefficient (Wildman–Crippen LogP) is 1.90. The fourth-order valence-electron chi connectivity index (χ4n) is 1.18. The molecule has 1 saturated heterocycles. The molecule has 1 unspecified atom stereocenters. The first-order valence-electron chi connectivity index (χ1n) is 4.71. The van der Waals surface area contributed by atoms with Crippen LogP contribution in [0.5, 0.6) is 0 Å². The average molecular weight is 169 g/mol. The minimum atomic E-state index is 0.104. The number of carbonyl (C=O) groups is 1. The first kappa shape index (κ1) is 9.56. The van der Waals surface area contributed by atoms with Crippen molar-refractivity contribution in [3.8, 4) is 0 Å². The van der Waals surface area contributed by atoms with Crippen LogP contribution in [0.3, 0.4) is 0 Å². The molecule has 1 amide bonds. The molecule has 0 radical (unpaired) electrons. The van der Waals surface area contributed by atoms with Crippen LogP contribution in [0.4, 0.5) is 0 Å². The van der Waals surface area contributed by atoms with E-state index in [-0.39, 0.29) is 11.3 Å². The molecule has 1 aliphatic heterocycles. The lowest BCUT2D eigenvalue weighted by atomic mass is 9.81. The summed E-state index contributed by atoms with van der Waals surface area (Å²) in [5, 5.41) is 0. The van der Waals surface area contributed by atoms with E-state index in [2.05, 4.69) is 20.8 Å². The van der Waals surface area contributed by atoms with Crippen molar-refractivity contribution >= 4 is 5.91 Å². The van der Waals surface area contributed by atoms with Crippen molar-refractivity contribution in [2.24, 2.45) is 11.3 Å². The third-order valence-electron chi connectivity index (χ3n) is 2.84. The summed E-state index contributed by atoms with van der Waals surface area (Å²) in [7, 11) is 0. The van der Waals surface area contributed by atoms with Crippen LogP contribution < -0.4 is 0 Å². The van der Waals surface area contributed by atoms with Gasteiger partial charge in [-0.3, -0.25) is 4.79 Å². The summed E-state index contributed by atoms with van der Waals surface area (Å²) in [6, 6.07) is 0. The Morgan fingerprint density at radius 2 is 1.83 bits per heavy atom. The monoisotopic (exact) mass is 169 g/mol. The zero-order valence-corrected chi connectivity index (χ0v) is 8.55. The Morgan fingerprint density at radius 3 is 2.08 bits per heavy atom. The third kappa shape index (κ3) is 1.79. The summed E-state index contributed by atoms with van der Waals surface area (Å²) >= 11 is 0. The van der Waals surface area contributed by atoms with Crippen molar-refractivity contribution in [2.75, 3.05) is 13.1 Å². The fraction of sp³-hybridized carbons (Fsp3) is 0.900. The van der Waals surface area contributed by atoms with Crippen LogP contribution in [-0.2, 0) is 4.79 Å². The molecule has 0 aromatic rings. The van der Waals surface area contributed by atoms with Crippen LogP contribution in [0.15, 0.2) is 0 Å². The first-order valence-corrected chi connectivity index (χ1v) is 4.71. The zero-order chi connectivity index (χ0) is 9.35. The Morgan fingerprint density at radius 1 is 1.33 bits per heavy atom. The summed E-state index contributed by atoms with van der Waals surface area (Å²) in [5.41, 5.74) is 0.104. The Balaban J connectivity index is 2.51. The van der Waals surface area contributed by atoms with Gasteiger partial charge in [0.1, 0.15) is 0 Å². The SMILES string of the molecule is CC(C(=O)N1CCC1)C(C)(C)C. The normalized spacial score (nSPS) is 20.2. The molecule has 0 bridgehead atoms. The number of hydrogen-bond donors (Lipinski definition) is 0. The predicted molar refractivity (Wildman–Crippen MR) is 49.8 cm³/mol. The van der Waals surface area contributed by atoms with Crippen LogP contribution in [-0.4, -0.2) is 23.9 Å². The van der Waals surface area contributed by atoms with Gasteiger partial charge in [-0.1, -0.05) is 27.7 Å². The van der Waals surface area contributed by atoms with Crippen molar-refractivity contribution in [2.45, 2.75) is 34.1 Å². The molecule has 12 heavy (non-hydrogen) atoms. The van der Waals surface area contributed by atoms with Crippen molar-refractivity contribution in [3.63, 3.8) is 0 Å². The number of rotatable bonds is 1. The molecular weight excluding hydrogens is 150 g/mol. The maximum atomic E-state index is 11.7. The summed E-state index contributed by atoms with van der Waals surface area (Å²) in [4.78, 5) is 13.7. The molecule has 1 atom stereocenters. The van der Waals surface area contributed by atoms with E-state index >= 15 is 0 Å². The molecule has 0 aromatic carbocycles. The van der Waals surface area contributed by atoms with E-state index in [1.807, 2.05) is 11.8 Å². The topological polar surface area (TPSA) is 20.3 Å². The quantitative estimate of drug-likeness (QED) is 0.587. The first-order chi connectivity index (χ1) is 5.43. The molecule has 0 spiro atoms. The van der Waals surface area contributed by atoms with Gasteiger partial charge in [-0.25, -0.2) is 0 Å². The van der Waals surface area contributed by atoms with Crippen LogP contribution in [0.1, 0.15) is 34.1 Å². The van der Waals surface area contributed by atoms with Gasteiger partial charge in [0.05, 0.1) is 0 Å². The van der Waals surface area contributed by atoms with Crippen LogP contribution >= 0.6 is 0 Å². The number of likely N-dealkylation sites (tertiary alicyclic amines) is 1. The Labute approximate surface area is 74.9 Å². The standard InChI is InChI=1S/C10H19NO/c1-8(10(2,3)4)9(12)11-6-5-7-11/h8H,5-7H2,1-4H3. The van der Waals surface area contributed by atoms with Crippen LogP contribution in [0, 0.1) is 11.3 Å². The van der Waals surface area contributed by atoms with Crippen molar-refractivity contribution in [3.05, 3.63) is 0 Å². The Hall–Kier alpha value is -0.530. The van der Waals surface area contributed by atoms with E-state index in [9.17, 15) is 4.79 Å². The van der Waals surface area contributed by atoms with E-state index in [1.54, 1.807) is 0 Å².